The maximum Gasteiger partial charge on any atom is 0.573 e. The molecule has 0 unspecified atom stereocenters. The van der Waals surface area contributed by atoms with Crippen molar-refractivity contribution in [2.45, 2.75) is 13.3 Å². The van der Waals surface area contributed by atoms with Crippen LogP contribution in [0.3, 0.4) is 0 Å². The third-order valence-electron chi connectivity index (χ3n) is 1.55. The lowest BCUT2D eigenvalue weighted by Crippen LogP contribution is -2.17. The van der Waals surface area contributed by atoms with Crippen LogP contribution in [0.5, 0.6) is 5.75 Å². The second-order valence-electron chi connectivity index (χ2n) is 2.73. The lowest BCUT2D eigenvalue weighted by atomic mass is 10.2. The Bertz CT molecular complexity index is 371. The van der Waals surface area contributed by atoms with E-state index in [9.17, 15) is 13.2 Å². The van der Waals surface area contributed by atoms with Crippen LogP contribution in [-0.2, 0) is 0 Å². The van der Waals surface area contributed by atoms with Crippen LogP contribution in [0.2, 0.25) is 5.02 Å². The second-order valence-corrected chi connectivity index (χ2v) is 3.14. The van der Waals surface area contributed by atoms with Gasteiger partial charge < -0.3 is 4.74 Å². The number of rotatable bonds is 2. The predicted octanol–water partition coefficient (Wildman–Crippen LogP) is 4.27. The molecule has 0 saturated heterocycles. The number of alkyl halides is 3. The molecule has 15 heavy (non-hydrogen) atoms. The molecule has 0 spiro atoms. The molecule has 0 aliphatic rings. The Morgan fingerprint density at radius 2 is 2.00 bits per heavy atom. The van der Waals surface area contributed by atoms with E-state index in [0.29, 0.717) is 5.56 Å². The van der Waals surface area contributed by atoms with Crippen LogP contribution in [0, 0.1) is 0 Å². The molecule has 0 amide bonds. The van der Waals surface area contributed by atoms with Gasteiger partial charge in [0, 0.05) is 0 Å². The second kappa shape index (κ2) is 4.57. The Hall–Kier alpha value is -1.16. The van der Waals surface area contributed by atoms with Crippen molar-refractivity contribution in [3.63, 3.8) is 0 Å². The van der Waals surface area contributed by atoms with Gasteiger partial charge in [-0.1, -0.05) is 23.8 Å². The molecule has 1 nitrogen and oxygen atoms in total. The Labute approximate surface area is 90.1 Å². The minimum Gasteiger partial charge on any atom is -0.406 e. The smallest absolute Gasteiger partial charge is 0.406 e. The normalized spacial score (nSPS) is 12.1. The highest BCUT2D eigenvalue weighted by molar-refractivity contribution is 6.32. The molecule has 1 aromatic rings. The van der Waals surface area contributed by atoms with Gasteiger partial charge >= 0.3 is 6.36 Å². The molecule has 0 saturated carbocycles. The van der Waals surface area contributed by atoms with E-state index in [1.54, 1.807) is 19.1 Å². The van der Waals surface area contributed by atoms with Crippen molar-refractivity contribution in [1.29, 1.82) is 0 Å². The maximum absolute atomic E-state index is 11.8. The molecule has 82 valence electrons. The summed E-state index contributed by atoms with van der Waals surface area (Å²) in [6.07, 6.45) is -1.25. The summed E-state index contributed by atoms with van der Waals surface area (Å²) in [7, 11) is 0. The van der Waals surface area contributed by atoms with Gasteiger partial charge in [-0.25, -0.2) is 0 Å². The molecule has 0 aromatic heterocycles. The van der Waals surface area contributed by atoms with Gasteiger partial charge in [0.2, 0.25) is 0 Å². The summed E-state index contributed by atoms with van der Waals surface area (Å²) < 4.78 is 39.2. The first-order chi connectivity index (χ1) is 6.92. The molecular weight excluding hydrogens is 229 g/mol. The van der Waals surface area contributed by atoms with E-state index in [1.807, 2.05) is 0 Å². The highest BCUT2D eigenvalue weighted by atomic mass is 35.5. The monoisotopic (exact) mass is 236 g/mol. The van der Waals surface area contributed by atoms with Gasteiger partial charge in [-0.05, 0) is 30.7 Å². The molecule has 1 rings (SSSR count). The first-order valence-electron chi connectivity index (χ1n) is 4.10. The summed E-state index contributed by atoms with van der Waals surface area (Å²) in [4.78, 5) is 0. The third kappa shape index (κ3) is 3.83. The van der Waals surface area contributed by atoms with Gasteiger partial charge in [0.25, 0.3) is 0 Å². The van der Waals surface area contributed by atoms with E-state index in [-0.39, 0.29) is 10.8 Å². The highest BCUT2D eigenvalue weighted by Gasteiger charge is 2.31. The van der Waals surface area contributed by atoms with Crippen LogP contribution >= 0.6 is 11.6 Å². The summed E-state index contributed by atoms with van der Waals surface area (Å²) in [5.74, 6) is -0.319. The molecule has 0 fully saturated rings. The molecular formula is C10H8ClF3O. The number of allylic oxidation sites excluding steroid dienone is 1. The van der Waals surface area contributed by atoms with Crippen molar-refractivity contribution in [1.82, 2.24) is 0 Å². The summed E-state index contributed by atoms with van der Waals surface area (Å²) >= 11 is 5.74. The van der Waals surface area contributed by atoms with Crippen molar-refractivity contribution >= 4 is 17.7 Å². The molecule has 0 atom stereocenters. The summed E-state index contributed by atoms with van der Waals surface area (Å²) in [6, 6.07) is 3.81. The van der Waals surface area contributed by atoms with Crippen LogP contribution in [0.25, 0.3) is 6.08 Å². The van der Waals surface area contributed by atoms with Crippen LogP contribution in [0.4, 0.5) is 13.2 Å². The average Bonchev–Trinajstić information content (AvgIpc) is 2.07. The van der Waals surface area contributed by atoms with Gasteiger partial charge in [0.15, 0.2) is 0 Å². The largest absolute Gasteiger partial charge is 0.573 e. The van der Waals surface area contributed by atoms with Crippen LogP contribution < -0.4 is 4.74 Å². The molecule has 0 N–H and O–H groups in total. The fourth-order valence-corrected chi connectivity index (χ4v) is 1.25. The van der Waals surface area contributed by atoms with Crippen LogP contribution in [-0.4, -0.2) is 6.36 Å². The highest BCUT2D eigenvalue weighted by Crippen LogP contribution is 2.27. The molecule has 5 heteroatoms. The lowest BCUT2D eigenvalue weighted by molar-refractivity contribution is -0.274. The van der Waals surface area contributed by atoms with E-state index >= 15 is 0 Å². The number of hydrogen-bond acceptors (Lipinski definition) is 1. The van der Waals surface area contributed by atoms with E-state index in [2.05, 4.69) is 4.74 Å². The first-order valence-corrected chi connectivity index (χ1v) is 4.48. The van der Waals surface area contributed by atoms with Crippen LogP contribution in [0.15, 0.2) is 24.3 Å². The fraction of sp³-hybridized carbons (Fsp3) is 0.200. The Balaban J connectivity index is 2.92. The SMILES string of the molecule is CC=Cc1ccc(OC(F)(F)F)cc1Cl. The number of hydrogen-bond donors (Lipinski definition) is 0. The van der Waals surface area contributed by atoms with E-state index in [1.165, 1.54) is 12.1 Å². The third-order valence-corrected chi connectivity index (χ3v) is 1.88. The quantitative estimate of drug-likeness (QED) is 0.745. The zero-order chi connectivity index (χ0) is 11.5. The van der Waals surface area contributed by atoms with Crippen molar-refractivity contribution in [3.05, 3.63) is 34.9 Å². The number of ether oxygens (including phenoxy) is 1. The average molecular weight is 237 g/mol. The van der Waals surface area contributed by atoms with Crippen molar-refractivity contribution in [2.24, 2.45) is 0 Å². The van der Waals surface area contributed by atoms with Gasteiger partial charge in [0.05, 0.1) is 5.02 Å². The van der Waals surface area contributed by atoms with Crippen LogP contribution in [0.1, 0.15) is 12.5 Å². The van der Waals surface area contributed by atoms with E-state index < -0.39 is 6.36 Å². The molecule has 0 aliphatic heterocycles. The fourth-order valence-electron chi connectivity index (χ4n) is 1.02. The molecule has 0 bridgehead atoms. The molecule has 0 aliphatic carbocycles. The number of benzene rings is 1. The first kappa shape index (κ1) is 11.9. The Morgan fingerprint density at radius 1 is 1.33 bits per heavy atom. The maximum atomic E-state index is 11.8. The van der Waals surface area contributed by atoms with Crippen molar-refractivity contribution in [2.75, 3.05) is 0 Å². The molecule has 0 radical (unpaired) electrons. The van der Waals surface area contributed by atoms with Gasteiger partial charge in [0.1, 0.15) is 5.75 Å². The predicted molar refractivity (Wildman–Crippen MR) is 52.8 cm³/mol. The van der Waals surface area contributed by atoms with E-state index in [0.717, 1.165) is 6.07 Å². The molecule has 1 aromatic carbocycles. The standard InChI is InChI=1S/C10H8ClF3O/c1-2-3-7-4-5-8(6-9(7)11)15-10(12,13)14/h2-6H,1H3. The topological polar surface area (TPSA) is 9.23 Å². The minimum absolute atomic E-state index is 0.217. The van der Waals surface area contributed by atoms with Gasteiger partial charge in [-0.15, -0.1) is 13.2 Å². The summed E-state index contributed by atoms with van der Waals surface area (Å²) in [5.41, 5.74) is 0.647. The molecule has 0 heterocycles. The van der Waals surface area contributed by atoms with Crippen molar-refractivity contribution < 1.29 is 17.9 Å². The minimum atomic E-state index is -4.69. The summed E-state index contributed by atoms with van der Waals surface area (Å²) in [6.45, 7) is 1.79. The lowest BCUT2D eigenvalue weighted by Gasteiger charge is -2.09. The number of halogens is 4. The van der Waals surface area contributed by atoms with Crippen molar-refractivity contribution in [3.8, 4) is 5.75 Å². The summed E-state index contributed by atoms with van der Waals surface area (Å²) in [5, 5.41) is 0.217. The van der Waals surface area contributed by atoms with E-state index in [4.69, 9.17) is 11.6 Å². The Kier molecular flexibility index (Phi) is 3.63. The van der Waals surface area contributed by atoms with Gasteiger partial charge in [-0.2, -0.15) is 0 Å². The van der Waals surface area contributed by atoms with Gasteiger partial charge in [-0.3, -0.25) is 0 Å². The zero-order valence-corrected chi connectivity index (χ0v) is 8.56. The zero-order valence-electron chi connectivity index (χ0n) is 7.81. The Morgan fingerprint density at radius 3 is 2.47 bits per heavy atom.